The number of ether oxygens (including phenoxy) is 1. The third-order valence-corrected chi connectivity index (χ3v) is 4.93. The van der Waals surface area contributed by atoms with Crippen molar-refractivity contribution in [2.75, 3.05) is 6.61 Å². The van der Waals surface area contributed by atoms with Crippen LogP contribution in [0.15, 0.2) is 89.5 Å². The number of hydrogen-bond donors (Lipinski definition) is 0. The Hall–Kier alpha value is -3.53. The number of benzene rings is 3. The van der Waals surface area contributed by atoms with Crippen molar-refractivity contribution in [1.29, 1.82) is 0 Å². The molecule has 0 amide bonds. The van der Waals surface area contributed by atoms with Crippen LogP contribution in [0.4, 0.5) is 0 Å². The highest BCUT2D eigenvalue weighted by molar-refractivity contribution is 5.88. The SMILES string of the molecule is c1coc(-c2nc3ccccc3n2CCCOc2cccc3ccccc23)c1. The molecule has 4 heteroatoms. The molecule has 2 heterocycles. The molecule has 0 radical (unpaired) electrons. The van der Waals surface area contributed by atoms with E-state index in [0.717, 1.165) is 46.7 Å². The molecule has 0 unspecified atom stereocenters. The first-order valence-corrected chi connectivity index (χ1v) is 9.50. The van der Waals surface area contributed by atoms with Crippen molar-refractivity contribution in [3.8, 4) is 17.3 Å². The molecule has 0 atom stereocenters. The molecule has 0 N–H and O–H groups in total. The molecule has 0 saturated heterocycles. The summed E-state index contributed by atoms with van der Waals surface area (Å²) in [4.78, 5) is 4.76. The zero-order valence-corrected chi connectivity index (χ0v) is 15.4. The second kappa shape index (κ2) is 7.24. The first kappa shape index (κ1) is 16.6. The van der Waals surface area contributed by atoms with Crippen molar-refractivity contribution < 1.29 is 9.15 Å². The summed E-state index contributed by atoms with van der Waals surface area (Å²) in [5.41, 5.74) is 2.09. The smallest absolute Gasteiger partial charge is 0.177 e. The van der Waals surface area contributed by atoms with E-state index in [2.05, 4.69) is 28.8 Å². The molecular weight excluding hydrogens is 348 g/mol. The lowest BCUT2D eigenvalue weighted by Gasteiger charge is -2.11. The van der Waals surface area contributed by atoms with Gasteiger partial charge < -0.3 is 13.7 Å². The zero-order valence-electron chi connectivity index (χ0n) is 15.4. The number of fused-ring (bicyclic) bond motifs is 2. The fourth-order valence-corrected chi connectivity index (χ4v) is 3.62. The number of aryl methyl sites for hydroxylation is 1. The van der Waals surface area contributed by atoms with Crippen LogP contribution < -0.4 is 4.74 Å². The van der Waals surface area contributed by atoms with Crippen LogP contribution in [0.25, 0.3) is 33.4 Å². The number of aromatic nitrogens is 2. The van der Waals surface area contributed by atoms with E-state index >= 15 is 0 Å². The van der Waals surface area contributed by atoms with Gasteiger partial charge in [-0.05, 0) is 42.1 Å². The number of hydrogen-bond acceptors (Lipinski definition) is 3. The number of rotatable bonds is 6. The second-order valence-electron chi connectivity index (χ2n) is 6.73. The van der Waals surface area contributed by atoms with E-state index in [1.165, 1.54) is 5.39 Å². The summed E-state index contributed by atoms with van der Waals surface area (Å²) in [7, 11) is 0. The molecule has 28 heavy (non-hydrogen) atoms. The summed E-state index contributed by atoms with van der Waals surface area (Å²) in [6.07, 6.45) is 2.56. The van der Waals surface area contributed by atoms with Crippen LogP contribution in [0.5, 0.6) is 5.75 Å². The van der Waals surface area contributed by atoms with Crippen LogP contribution in [-0.2, 0) is 6.54 Å². The molecule has 0 saturated carbocycles. The van der Waals surface area contributed by atoms with Gasteiger partial charge in [0.25, 0.3) is 0 Å². The minimum atomic E-state index is 0.637. The maximum atomic E-state index is 6.10. The van der Waals surface area contributed by atoms with Gasteiger partial charge in [-0.3, -0.25) is 0 Å². The van der Waals surface area contributed by atoms with Crippen LogP contribution in [0, 0.1) is 0 Å². The van der Waals surface area contributed by atoms with Gasteiger partial charge in [-0.25, -0.2) is 4.98 Å². The van der Waals surface area contributed by atoms with Crippen molar-refractivity contribution in [3.05, 3.63) is 85.1 Å². The monoisotopic (exact) mass is 368 g/mol. The van der Waals surface area contributed by atoms with Gasteiger partial charge in [-0.2, -0.15) is 0 Å². The molecule has 2 aromatic heterocycles. The topological polar surface area (TPSA) is 40.2 Å². The Morgan fingerprint density at radius 3 is 2.64 bits per heavy atom. The maximum Gasteiger partial charge on any atom is 0.177 e. The first-order chi connectivity index (χ1) is 13.9. The van der Waals surface area contributed by atoms with Crippen molar-refractivity contribution >= 4 is 21.8 Å². The summed E-state index contributed by atoms with van der Waals surface area (Å²) >= 11 is 0. The first-order valence-electron chi connectivity index (χ1n) is 9.50. The van der Waals surface area contributed by atoms with Crippen molar-refractivity contribution in [1.82, 2.24) is 9.55 Å². The summed E-state index contributed by atoms with van der Waals surface area (Å²) in [5, 5.41) is 2.34. The Morgan fingerprint density at radius 2 is 1.71 bits per heavy atom. The van der Waals surface area contributed by atoms with Crippen LogP contribution >= 0.6 is 0 Å². The number of imidazole rings is 1. The van der Waals surface area contributed by atoms with Crippen LogP contribution in [-0.4, -0.2) is 16.2 Å². The van der Waals surface area contributed by atoms with E-state index in [0.29, 0.717) is 6.61 Å². The highest BCUT2D eigenvalue weighted by atomic mass is 16.5. The maximum absolute atomic E-state index is 6.10. The van der Waals surface area contributed by atoms with Crippen molar-refractivity contribution in [2.24, 2.45) is 0 Å². The normalized spacial score (nSPS) is 11.3. The molecule has 0 fully saturated rings. The molecule has 0 aliphatic heterocycles. The molecule has 3 aromatic carbocycles. The molecule has 0 spiro atoms. The van der Waals surface area contributed by atoms with E-state index in [1.807, 2.05) is 54.6 Å². The lowest BCUT2D eigenvalue weighted by molar-refractivity contribution is 0.306. The average Bonchev–Trinajstić information content (AvgIpc) is 3.39. The minimum absolute atomic E-state index is 0.637. The van der Waals surface area contributed by atoms with Gasteiger partial charge in [-0.15, -0.1) is 0 Å². The predicted octanol–water partition coefficient (Wildman–Crippen LogP) is 5.92. The molecule has 5 aromatic rings. The second-order valence-corrected chi connectivity index (χ2v) is 6.73. The van der Waals surface area contributed by atoms with E-state index in [9.17, 15) is 0 Å². The zero-order chi connectivity index (χ0) is 18.8. The largest absolute Gasteiger partial charge is 0.493 e. The Morgan fingerprint density at radius 1 is 0.857 bits per heavy atom. The highest BCUT2D eigenvalue weighted by Gasteiger charge is 2.14. The van der Waals surface area contributed by atoms with Gasteiger partial charge in [-0.1, -0.05) is 48.5 Å². The molecule has 0 aliphatic carbocycles. The van der Waals surface area contributed by atoms with Crippen molar-refractivity contribution in [2.45, 2.75) is 13.0 Å². The van der Waals surface area contributed by atoms with Crippen LogP contribution in [0.3, 0.4) is 0 Å². The lowest BCUT2D eigenvalue weighted by Crippen LogP contribution is -2.06. The molecule has 5 rings (SSSR count). The summed E-state index contributed by atoms with van der Waals surface area (Å²) < 4.78 is 13.9. The Bertz CT molecular complexity index is 1220. The fraction of sp³-hybridized carbons (Fsp3) is 0.125. The molecule has 0 aliphatic rings. The Labute approximate surface area is 163 Å². The number of furan rings is 1. The third kappa shape index (κ3) is 3.03. The van der Waals surface area contributed by atoms with Gasteiger partial charge in [0.15, 0.2) is 11.6 Å². The third-order valence-electron chi connectivity index (χ3n) is 4.93. The van der Waals surface area contributed by atoms with Crippen molar-refractivity contribution in [3.63, 3.8) is 0 Å². The van der Waals surface area contributed by atoms with E-state index < -0.39 is 0 Å². The lowest BCUT2D eigenvalue weighted by atomic mass is 10.1. The Kier molecular flexibility index (Phi) is 4.30. The minimum Gasteiger partial charge on any atom is -0.493 e. The van der Waals surface area contributed by atoms with Crippen LogP contribution in [0.1, 0.15) is 6.42 Å². The summed E-state index contributed by atoms with van der Waals surface area (Å²) in [6.45, 7) is 1.44. The summed E-state index contributed by atoms with van der Waals surface area (Å²) in [6, 6.07) is 26.5. The fourth-order valence-electron chi connectivity index (χ4n) is 3.62. The number of nitrogens with zero attached hydrogens (tertiary/aromatic N) is 2. The van der Waals surface area contributed by atoms with Gasteiger partial charge in [0, 0.05) is 11.9 Å². The molecular formula is C24H20N2O2. The van der Waals surface area contributed by atoms with Gasteiger partial charge in [0.1, 0.15) is 5.75 Å². The van der Waals surface area contributed by atoms with E-state index in [1.54, 1.807) is 6.26 Å². The quantitative estimate of drug-likeness (QED) is 0.349. The van der Waals surface area contributed by atoms with Gasteiger partial charge in [0.2, 0.25) is 0 Å². The van der Waals surface area contributed by atoms with Crippen LogP contribution in [0.2, 0.25) is 0 Å². The number of para-hydroxylation sites is 2. The van der Waals surface area contributed by atoms with E-state index in [4.69, 9.17) is 14.1 Å². The van der Waals surface area contributed by atoms with Gasteiger partial charge in [0.05, 0.1) is 23.9 Å². The average molecular weight is 368 g/mol. The molecule has 0 bridgehead atoms. The molecule has 138 valence electrons. The van der Waals surface area contributed by atoms with Gasteiger partial charge >= 0.3 is 0 Å². The highest BCUT2D eigenvalue weighted by Crippen LogP contribution is 2.27. The molecule has 4 nitrogen and oxygen atoms in total. The standard InChI is InChI=1S/C24H20N2O2/c1-2-10-19-18(8-1)9-5-13-22(19)27-17-7-15-26-21-12-4-3-11-20(21)25-24(26)23-14-6-16-28-23/h1-6,8-14,16H,7,15,17H2. The van der Waals surface area contributed by atoms with E-state index in [-0.39, 0.29) is 0 Å². The Balaban J connectivity index is 1.36. The predicted molar refractivity (Wildman–Crippen MR) is 111 cm³/mol. The summed E-state index contributed by atoms with van der Waals surface area (Å²) in [5.74, 6) is 2.57.